The van der Waals surface area contributed by atoms with Gasteiger partial charge in [0.25, 0.3) is 0 Å². The lowest BCUT2D eigenvalue weighted by molar-refractivity contribution is -0.189. The Hall–Kier alpha value is -2.32. The largest absolute Gasteiger partial charge is 0.394 e. The lowest BCUT2D eigenvalue weighted by Gasteiger charge is -2.36. The van der Waals surface area contributed by atoms with Crippen molar-refractivity contribution in [3.8, 4) is 0 Å². The minimum atomic E-state index is -1.31. The zero-order chi connectivity index (χ0) is 21.1. The van der Waals surface area contributed by atoms with Crippen LogP contribution in [0.15, 0.2) is 60.7 Å². The molecule has 6 atom stereocenters. The van der Waals surface area contributed by atoms with Crippen LogP contribution in [0, 0.1) is 0 Å². The van der Waals surface area contributed by atoms with Crippen molar-refractivity contribution in [2.24, 2.45) is 0 Å². The van der Waals surface area contributed by atoms with E-state index in [0.717, 1.165) is 22.3 Å². The van der Waals surface area contributed by atoms with Gasteiger partial charge in [0, 0.05) is 0 Å². The Kier molecular flexibility index (Phi) is 6.43. The highest BCUT2D eigenvalue weighted by molar-refractivity contribution is 5.62. The molecule has 4 N–H and O–H groups in total. The molecule has 0 saturated heterocycles. The van der Waals surface area contributed by atoms with Gasteiger partial charge in [0.05, 0.1) is 13.2 Å². The van der Waals surface area contributed by atoms with Gasteiger partial charge >= 0.3 is 0 Å². The molecular formula is C24H26O6. The van der Waals surface area contributed by atoms with Gasteiger partial charge in [0.1, 0.15) is 36.6 Å². The summed E-state index contributed by atoms with van der Waals surface area (Å²) in [5.41, 5.74) is 3.87. The zero-order valence-corrected chi connectivity index (χ0v) is 16.4. The Labute approximate surface area is 175 Å². The van der Waals surface area contributed by atoms with E-state index in [1.165, 1.54) is 0 Å². The maximum absolute atomic E-state index is 10.5. The highest BCUT2D eigenvalue weighted by Crippen LogP contribution is 2.36. The molecule has 0 amide bonds. The molecule has 0 heterocycles. The molecule has 0 aliphatic heterocycles. The molecule has 0 aromatic heterocycles. The molecule has 158 valence electrons. The first-order valence-electron chi connectivity index (χ1n) is 10.1. The highest BCUT2D eigenvalue weighted by atomic mass is 16.6. The molecule has 30 heavy (non-hydrogen) atoms. The standard InChI is InChI=1S/C24H26O6/c25-13-19(27)23(29-21-11-9-15-5-1-3-7-17(15)21)24(20(28)14-26)30-22-12-10-16-6-2-4-8-18(16)22/h1-12,19-28H,13-14H2/t19-,20-,21?,22?,23-,24-/m1/s1. The van der Waals surface area contributed by atoms with Crippen LogP contribution in [0.5, 0.6) is 0 Å². The minimum absolute atomic E-state index is 0.462. The van der Waals surface area contributed by atoms with Crippen molar-refractivity contribution in [1.29, 1.82) is 0 Å². The van der Waals surface area contributed by atoms with E-state index in [-0.39, 0.29) is 0 Å². The van der Waals surface area contributed by atoms with Gasteiger partial charge < -0.3 is 29.9 Å². The van der Waals surface area contributed by atoms with Gasteiger partial charge in [-0.15, -0.1) is 0 Å². The Bertz CT molecular complexity index is 848. The van der Waals surface area contributed by atoms with E-state index in [2.05, 4.69) is 0 Å². The van der Waals surface area contributed by atoms with Crippen LogP contribution in [0.3, 0.4) is 0 Å². The highest BCUT2D eigenvalue weighted by Gasteiger charge is 2.39. The fraction of sp³-hybridized carbons (Fsp3) is 0.333. The quantitative estimate of drug-likeness (QED) is 0.505. The molecule has 2 aromatic carbocycles. The summed E-state index contributed by atoms with van der Waals surface area (Å²) in [6.45, 7) is -1.14. The summed E-state index contributed by atoms with van der Waals surface area (Å²) in [4.78, 5) is 0. The molecule has 2 unspecified atom stereocenters. The van der Waals surface area contributed by atoms with Crippen molar-refractivity contribution in [1.82, 2.24) is 0 Å². The van der Waals surface area contributed by atoms with Gasteiger partial charge in [-0.1, -0.05) is 72.8 Å². The second-order valence-electron chi connectivity index (χ2n) is 7.52. The Morgan fingerprint density at radius 2 is 1.07 bits per heavy atom. The Morgan fingerprint density at radius 1 is 0.667 bits per heavy atom. The van der Waals surface area contributed by atoms with Crippen molar-refractivity contribution < 1.29 is 29.9 Å². The molecule has 0 bridgehead atoms. The van der Waals surface area contributed by atoms with Gasteiger partial charge in [-0.2, -0.15) is 0 Å². The summed E-state index contributed by atoms with van der Waals surface area (Å²) < 4.78 is 12.3. The molecule has 2 aliphatic carbocycles. The molecule has 6 heteroatoms. The van der Waals surface area contributed by atoms with Crippen LogP contribution in [0.4, 0.5) is 0 Å². The summed E-state index contributed by atoms with van der Waals surface area (Å²) in [6.07, 6.45) is 1.89. The number of aliphatic hydroxyl groups is 4. The third-order valence-corrected chi connectivity index (χ3v) is 5.57. The SMILES string of the molecule is OC[C@@H](O)[C@@H](OC1C=Cc2ccccc21)[C@H](OC1C=Cc2ccccc21)[C@H](O)CO. The molecular weight excluding hydrogens is 384 g/mol. The Balaban J connectivity index is 1.60. The monoisotopic (exact) mass is 410 g/mol. The number of hydrogen-bond donors (Lipinski definition) is 4. The van der Waals surface area contributed by atoms with Crippen molar-refractivity contribution >= 4 is 12.2 Å². The zero-order valence-electron chi connectivity index (χ0n) is 16.4. The first-order valence-corrected chi connectivity index (χ1v) is 10.1. The fourth-order valence-corrected chi connectivity index (χ4v) is 3.99. The van der Waals surface area contributed by atoms with Crippen LogP contribution < -0.4 is 0 Å². The van der Waals surface area contributed by atoms with E-state index >= 15 is 0 Å². The molecule has 2 aliphatic rings. The first kappa shape index (κ1) is 20.9. The van der Waals surface area contributed by atoms with Crippen LogP contribution in [0.1, 0.15) is 34.5 Å². The van der Waals surface area contributed by atoms with Crippen molar-refractivity contribution in [2.75, 3.05) is 13.2 Å². The van der Waals surface area contributed by atoms with Crippen LogP contribution in [0.2, 0.25) is 0 Å². The van der Waals surface area contributed by atoms with E-state index in [9.17, 15) is 20.4 Å². The summed E-state index contributed by atoms with van der Waals surface area (Å²) in [6, 6.07) is 15.4. The van der Waals surface area contributed by atoms with Gasteiger partial charge in [0.2, 0.25) is 0 Å². The van der Waals surface area contributed by atoms with Crippen molar-refractivity contribution in [3.05, 3.63) is 82.9 Å². The summed E-state index contributed by atoms with van der Waals surface area (Å²) in [5.74, 6) is 0. The van der Waals surface area contributed by atoms with Gasteiger partial charge in [-0.25, -0.2) is 0 Å². The second kappa shape index (κ2) is 9.22. The number of fused-ring (bicyclic) bond motifs is 2. The van der Waals surface area contributed by atoms with Gasteiger partial charge in [0.15, 0.2) is 0 Å². The predicted octanol–water partition coefficient (Wildman–Crippen LogP) is 2.00. The van der Waals surface area contributed by atoms with Crippen molar-refractivity contribution in [3.63, 3.8) is 0 Å². The third-order valence-electron chi connectivity index (χ3n) is 5.57. The first-order chi connectivity index (χ1) is 14.6. The molecule has 0 saturated carbocycles. The van der Waals surface area contributed by atoms with E-state index in [4.69, 9.17) is 9.47 Å². The Morgan fingerprint density at radius 3 is 1.47 bits per heavy atom. The smallest absolute Gasteiger partial charge is 0.116 e. The number of ether oxygens (including phenoxy) is 2. The average Bonchev–Trinajstić information content (AvgIpc) is 3.39. The molecule has 6 nitrogen and oxygen atoms in total. The molecule has 0 spiro atoms. The topological polar surface area (TPSA) is 99.4 Å². The minimum Gasteiger partial charge on any atom is -0.394 e. The van der Waals surface area contributed by atoms with E-state index < -0.39 is 49.8 Å². The molecule has 0 radical (unpaired) electrons. The maximum Gasteiger partial charge on any atom is 0.116 e. The maximum atomic E-state index is 10.5. The summed E-state index contributed by atoms with van der Waals surface area (Å²) in [7, 11) is 0. The van der Waals surface area contributed by atoms with E-state index in [1.54, 1.807) is 0 Å². The fourth-order valence-electron chi connectivity index (χ4n) is 3.99. The van der Waals surface area contributed by atoms with Crippen LogP contribution >= 0.6 is 0 Å². The lowest BCUT2D eigenvalue weighted by atomic mass is 10.0. The normalized spacial score (nSPS) is 23.1. The average molecular weight is 410 g/mol. The van der Waals surface area contributed by atoms with Crippen LogP contribution in [-0.2, 0) is 9.47 Å². The number of aliphatic hydroxyl groups excluding tert-OH is 4. The van der Waals surface area contributed by atoms with Crippen LogP contribution in [0.25, 0.3) is 12.2 Å². The third kappa shape index (κ3) is 4.11. The van der Waals surface area contributed by atoms with Gasteiger partial charge in [-0.3, -0.25) is 0 Å². The number of rotatable bonds is 9. The van der Waals surface area contributed by atoms with Gasteiger partial charge in [-0.05, 0) is 22.3 Å². The predicted molar refractivity (Wildman–Crippen MR) is 112 cm³/mol. The lowest BCUT2D eigenvalue weighted by Crippen LogP contribution is -2.50. The summed E-state index contributed by atoms with van der Waals surface area (Å²) in [5, 5.41) is 40.3. The molecule has 4 rings (SSSR count). The molecule has 2 aromatic rings. The number of benzene rings is 2. The number of hydrogen-bond acceptors (Lipinski definition) is 6. The molecule has 0 fully saturated rings. The summed E-state index contributed by atoms with van der Waals surface area (Å²) >= 11 is 0. The second-order valence-corrected chi connectivity index (χ2v) is 7.52. The van der Waals surface area contributed by atoms with Crippen molar-refractivity contribution in [2.45, 2.75) is 36.6 Å². The van der Waals surface area contributed by atoms with E-state index in [1.807, 2.05) is 72.8 Å². The van der Waals surface area contributed by atoms with Crippen LogP contribution in [-0.4, -0.2) is 58.1 Å². The van der Waals surface area contributed by atoms with E-state index in [0.29, 0.717) is 0 Å².